The summed E-state index contributed by atoms with van der Waals surface area (Å²) in [6, 6.07) is 2.67. The summed E-state index contributed by atoms with van der Waals surface area (Å²) in [7, 11) is 1.69. The molecule has 1 aliphatic heterocycles. The number of hydrogen-bond donors (Lipinski definition) is 1. The molecule has 5 nitrogen and oxygen atoms in total. The molecule has 2 unspecified atom stereocenters. The highest BCUT2D eigenvalue weighted by Gasteiger charge is 2.41. The summed E-state index contributed by atoms with van der Waals surface area (Å²) in [5, 5.41) is 9.20. The van der Waals surface area contributed by atoms with Gasteiger partial charge in [0.05, 0.1) is 16.3 Å². The predicted molar refractivity (Wildman–Crippen MR) is 86.0 cm³/mol. The highest BCUT2D eigenvalue weighted by atomic mass is 35.5. The van der Waals surface area contributed by atoms with E-state index in [0.717, 1.165) is 11.3 Å². The fourth-order valence-electron chi connectivity index (χ4n) is 2.26. The molecule has 8 heteroatoms. The largest absolute Gasteiger partial charge is 0.480 e. The maximum atomic E-state index is 12.6. The van der Waals surface area contributed by atoms with Gasteiger partial charge in [-0.25, -0.2) is 9.59 Å². The lowest BCUT2D eigenvalue weighted by Crippen LogP contribution is -2.50. The second kappa shape index (κ2) is 6.89. The van der Waals surface area contributed by atoms with Gasteiger partial charge in [-0.15, -0.1) is 23.1 Å². The van der Waals surface area contributed by atoms with Crippen LogP contribution < -0.4 is 0 Å². The van der Waals surface area contributed by atoms with Gasteiger partial charge in [-0.1, -0.05) is 18.5 Å². The number of amides is 2. The zero-order valence-electron chi connectivity index (χ0n) is 11.8. The summed E-state index contributed by atoms with van der Waals surface area (Å²) in [5.74, 6) is -0.502. The number of urea groups is 1. The van der Waals surface area contributed by atoms with Crippen molar-refractivity contribution in [3.63, 3.8) is 0 Å². The number of aliphatic carboxylic acids is 1. The third-order valence-electron chi connectivity index (χ3n) is 3.30. The number of rotatable bonds is 4. The lowest BCUT2D eigenvalue weighted by Gasteiger charge is -2.31. The molecular weight excluding hydrogens is 332 g/mol. The zero-order valence-corrected chi connectivity index (χ0v) is 14.2. The number of carbonyl (C=O) groups is 2. The van der Waals surface area contributed by atoms with E-state index in [-0.39, 0.29) is 11.4 Å². The molecule has 0 saturated carbocycles. The van der Waals surface area contributed by atoms with Gasteiger partial charge in [0.2, 0.25) is 0 Å². The SMILES string of the molecule is CCC1SCC(C(=O)O)N1C(=O)N(C)Cc1ccc(Cl)s1. The zero-order chi connectivity index (χ0) is 15.6. The van der Waals surface area contributed by atoms with Crippen LogP contribution in [0.25, 0.3) is 0 Å². The minimum atomic E-state index is -0.945. The van der Waals surface area contributed by atoms with E-state index in [1.54, 1.807) is 18.0 Å². The molecule has 1 aliphatic rings. The number of halogens is 1. The summed E-state index contributed by atoms with van der Waals surface area (Å²) in [4.78, 5) is 27.9. The molecule has 1 aromatic rings. The summed E-state index contributed by atoms with van der Waals surface area (Å²) in [6.07, 6.45) is 0.735. The van der Waals surface area contributed by atoms with Gasteiger partial charge < -0.3 is 10.0 Å². The molecule has 2 rings (SSSR count). The Balaban J connectivity index is 2.10. The van der Waals surface area contributed by atoms with Crippen molar-refractivity contribution in [1.29, 1.82) is 0 Å². The number of carbonyl (C=O) groups excluding carboxylic acids is 1. The Morgan fingerprint density at radius 3 is 2.76 bits per heavy atom. The highest BCUT2D eigenvalue weighted by molar-refractivity contribution is 8.00. The van der Waals surface area contributed by atoms with Crippen LogP contribution in [-0.2, 0) is 11.3 Å². The first-order valence-corrected chi connectivity index (χ1v) is 8.80. The quantitative estimate of drug-likeness (QED) is 0.907. The third-order valence-corrected chi connectivity index (χ3v) is 5.97. The highest BCUT2D eigenvalue weighted by Crippen LogP contribution is 2.32. The molecule has 1 aromatic heterocycles. The van der Waals surface area contributed by atoms with E-state index in [9.17, 15) is 14.7 Å². The van der Waals surface area contributed by atoms with Gasteiger partial charge in [-0.3, -0.25) is 4.90 Å². The molecule has 0 spiro atoms. The second-order valence-electron chi connectivity index (χ2n) is 4.80. The minimum Gasteiger partial charge on any atom is -0.480 e. The van der Waals surface area contributed by atoms with E-state index in [4.69, 9.17) is 11.6 Å². The maximum absolute atomic E-state index is 12.6. The van der Waals surface area contributed by atoms with E-state index in [1.165, 1.54) is 28.0 Å². The second-order valence-corrected chi connectivity index (χ2v) is 7.81. The van der Waals surface area contributed by atoms with Crippen molar-refractivity contribution in [2.75, 3.05) is 12.8 Å². The van der Waals surface area contributed by atoms with Crippen LogP contribution in [-0.4, -0.2) is 51.1 Å². The number of thiophene rings is 1. The van der Waals surface area contributed by atoms with Gasteiger partial charge in [-0.2, -0.15) is 0 Å². The van der Waals surface area contributed by atoms with E-state index in [0.29, 0.717) is 16.6 Å². The lowest BCUT2D eigenvalue weighted by atomic mass is 10.2. The molecule has 0 aromatic carbocycles. The third kappa shape index (κ3) is 3.64. The maximum Gasteiger partial charge on any atom is 0.327 e. The molecular formula is C13H17ClN2O3S2. The molecule has 0 aliphatic carbocycles. The van der Waals surface area contributed by atoms with Crippen molar-refractivity contribution in [2.45, 2.75) is 31.3 Å². The van der Waals surface area contributed by atoms with Gasteiger partial charge in [-0.05, 0) is 18.6 Å². The fraction of sp³-hybridized carbons (Fsp3) is 0.538. The monoisotopic (exact) mass is 348 g/mol. The van der Waals surface area contributed by atoms with E-state index >= 15 is 0 Å². The summed E-state index contributed by atoms with van der Waals surface area (Å²) in [5.41, 5.74) is 0. The van der Waals surface area contributed by atoms with Crippen LogP contribution in [0.5, 0.6) is 0 Å². The van der Waals surface area contributed by atoms with Crippen LogP contribution in [0.3, 0.4) is 0 Å². The summed E-state index contributed by atoms with van der Waals surface area (Å²) in [6.45, 7) is 2.39. The van der Waals surface area contributed by atoms with Gasteiger partial charge in [0.1, 0.15) is 6.04 Å². The van der Waals surface area contributed by atoms with Crippen molar-refractivity contribution in [3.05, 3.63) is 21.3 Å². The van der Waals surface area contributed by atoms with Crippen molar-refractivity contribution >= 4 is 46.7 Å². The van der Waals surface area contributed by atoms with Crippen molar-refractivity contribution in [1.82, 2.24) is 9.80 Å². The van der Waals surface area contributed by atoms with Crippen molar-refractivity contribution in [2.24, 2.45) is 0 Å². The van der Waals surface area contributed by atoms with E-state index < -0.39 is 12.0 Å². The number of nitrogens with zero attached hydrogens (tertiary/aromatic N) is 2. The first-order chi connectivity index (χ1) is 9.93. The first-order valence-electron chi connectivity index (χ1n) is 6.56. The Morgan fingerprint density at radius 2 is 2.24 bits per heavy atom. The Morgan fingerprint density at radius 1 is 1.52 bits per heavy atom. The standard InChI is InChI=1S/C13H17ClN2O3S2/c1-3-11-16(9(7-20-11)12(17)18)13(19)15(2)6-8-4-5-10(14)21-8/h4-5,9,11H,3,6-7H2,1-2H3,(H,17,18). The smallest absolute Gasteiger partial charge is 0.327 e. The van der Waals surface area contributed by atoms with Crippen molar-refractivity contribution < 1.29 is 14.7 Å². The Kier molecular flexibility index (Phi) is 5.40. The fourth-order valence-corrected chi connectivity index (χ4v) is 4.74. The van der Waals surface area contributed by atoms with Crippen LogP contribution in [0.1, 0.15) is 18.2 Å². The van der Waals surface area contributed by atoms with Crippen LogP contribution in [0.4, 0.5) is 4.79 Å². The molecule has 1 N–H and O–H groups in total. The molecule has 2 amide bonds. The predicted octanol–water partition coefficient (Wildman–Crippen LogP) is 3.19. The average Bonchev–Trinajstić information content (AvgIpc) is 3.03. The average molecular weight is 349 g/mol. The number of carboxylic acids is 1. The lowest BCUT2D eigenvalue weighted by molar-refractivity contribution is -0.141. The van der Waals surface area contributed by atoms with Gasteiger partial charge in [0, 0.05) is 17.7 Å². The van der Waals surface area contributed by atoms with Crippen LogP contribution in [0.2, 0.25) is 4.34 Å². The first kappa shape index (κ1) is 16.5. The van der Waals surface area contributed by atoms with E-state index in [1.807, 2.05) is 13.0 Å². The Bertz CT molecular complexity index is 537. The minimum absolute atomic E-state index is 0.0760. The van der Waals surface area contributed by atoms with Gasteiger partial charge in [0.25, 0.3) is 0 Å². The molecule has 21 heavy (non-hydrogen) atoms. The van der Waals surface area contributed by atoms with Crippen molar-refractivity contribution in [3.8, 4) is 0 Å². The molecule has 116 valence electrons. The van der Waals surface area contributed by atoms with Gasteiger partial charge >= 0.3 is 12.0 Å². The molecule has 0 bridgehead atoms. The summed E-state index contributed by atoms with van der Waals surface area (Å²) < 4.78 is 0.678. The molecule has 2 heterocycles. The van der Waals surface area contributed by atoms with Crippen LogP contribution in [0.15, 0.2) is 12.1 Å². The van der Waals surface area contributed by atoms with E-state index in [2.05, 4.69) is 0 Å². The normalized spacial score (nSPS) is 21.6. The molecule has 1 saturated heterocycles. The van der Waals surface area contributed by atoms with Gasteiger partial charge in [0.15, 0.2) is 0 Å². The Labute approximate surface area is 136 Å². The Hall–Kier alpha value is -0.920. The van der Waals surface area contributed by atoms with Crippen LogP contribution in [0, 0.1) is 0 Å². The number of thioether (sulfide) groups is 1. The van der Waals surface area contributed by atoms with Crippen LogP contribution >= 0.6 is 34.7 Å². The molecule has 0 radical (unpaired) electrons. The summed E-state index contributed by atoms with van der Waals surface area (Å²) >= 11 is 8.83. The molecule has 2 atom stereocenters. The number of carboxylic acid groups (broad SMARTS) is 1. The topological polar surface area (TPSA) is 60.9 Å². The molecule has 1 fully saturated rings. The number of hydrogen-bond acceptors (Lipinski definition) is 4.